The van der Waals surface area contributed by atoms with E-state index in [1.807, 2.05) is 37.7 Å². The van der Waals surface area contributed by atoms with E-state index in [0.717, 1.165) is 42.5 Å². The molecule has 0 aromatic carbocycles. The molecule has 5 unspecified atom stereocenters. The lowest BCUT2D eigenvalue weighted by molar-refractivity contribution is -0.147. The molecule has 4 nitrogen and oxygen atoms in total. The Morgan fingerprint density at radius 2 is 2.04 bits per heavy atom. The third kappa shape index (κ3) is 7.53. The predicted octanol–water partition coefficient (Wildman–Crippen LogP) is 4.24. The van der Waals surface area contributed by atoms with Gasteiger partial charge in [0.05, 0.1) is 5.92 Å². The van der Waals surface area contributed by atoms with Gasteiger partial charge in [-0.2, -0.15) is 11.8 Å². The number of ether oxygens (including phenoxy) is 1. The van der Waals surface area contributed by atoms with E-state index in [1.54, 1.807) is 0 Å². The van der Waals surface area contributed by atoms with Gasteiger partial charge in [0.2, 0.25) is 0 Å². The summed E-state index contributed by atoms with van der Waals surface area (Å²) in [5.74, 6) is 3.13. The molecule has 1 N–H and O–H groups in total. The van der Waals surface area contributed by atoms with Crippen molar-refractivity contribution < 1.29 is 14.3 Å². The highest BCUT2D eigenvalue weighted by atomic mass is 32.2. The van der Waals surface area contributed by atoms with Crippen molar-refractivity contribution in [3.8, 4) is 0 Å². The van der Waals surface area contributed by atoms with Crippen LogP contribution in [-0.4, -0.2) is 62.7 Å². The number of hydrogen-bond acceptors (Lipinski definition) is 5. The van der Waals surface area contributed by atoms with Gasteiger partial charge < -0.3 is 14.4 Å². The Kier molecular flexibility index (Phi) is 10.8. The van der Waals surface area contributed by atoms with E-state index >= 15 is 0 Å². The molecule has 0 radical (unpaired) electrons. The average molecular weight is 404 g/mol. The molecule has 1 aliphatic rings. The standard InChI is InChI=1S/C20H41NO3SSi/c1-7-26(23,19-10-9-16(2)18(19)4)14-8-13-25-15-17(3)20(22)24-12-11-21(5)6/h16-19,23H,7-15H2,1-6H3. The van der Waals surface area contributed by atoms with E-state index < -0.39 is 8.32 Å². The maximum absolute atomic E-state index is 11.9. The van der Waals surface area contributed by atoms with E-state index in [0.29, 0.717) is 18.1 Å². The molecule has 5 atom stereocenters. The van der Waals surface area contributed by atoms with Gasteiger partial charge in [-0.3, -0.25) is 4.79 Å². The molecule has 0 aromatic heterocycles. The maximum Gasteiger partial charge on any atom is 0.309 e. The number of rotatable bonds is 12. The van der Waals surface area contributed by atoms with Crippen LogP contribution in [0.1, 0.15) is 47.0 Å². The molecule has 1 rings (SSSR count). The normalized spacial score (nSPS) is 26.7. The molecule has 26 heavy (non-hydrogen) atoms. The van der Waals surface area contributed by atoms with Crippen molar-refractivity contribution in [2.45, 2.75) is 64.6 Å². The SMILES string of the molecule is CC[Si](O)(CCCSCC(C)C(=O)OCCN(C)C)C1CCC(C)C1C. The third-order valence-electron chi connectivity index (χ3n) is 6.22. The fourth-order valence-corrected chi connectivity index (χ4v) is 9.34. The second kappa shape index (κ2) is 11.7. The summed E-state index contributed by atoms with van der Waals surface area (Å²) < 4.78 is 5.31. The topological polar surface area (TPSA) is 49.8 Å². The van der Waals surface area contributed by atoms with Crippen LogP contribution in [0.15, 0.2) is 0 Å². The van der Waals surface area contributed by atoms with Crippen LogP contribution in [0, 0.1) is 17.8 Å². The number of carbonyl (C=O) groups excluding carboxylic acids is 1. The number of thioether (sulfide) groups is 1. The van der Waals surface area contributed by atoms with E-state index in [1.165, 1.54) is 12.8 Å². The summed E-state index contributed by atoms with van der Waals surface area (Å²) in [6.45, 7) is 10.0. The first kappa shape index (κ1) is 24.0. The lowest BCUT2D eigenvalue weighted by atomic mass is 10.0. The van der Waals surface area contributed by atoms with E-state index in [2.05, 4.69) is 20.8 Å². The zero-order valence-corrected chi connectivity index (χ0v) is 19.6. The van der Waals surface area contributed by atoms with Gasteiger partial charge >= 0.3 is 5.97 Å². The second-order valence-corrected chi connectivity index (χ2v) is 13.8. The van der Waals surface area contributed by atoms with Crippen LogP contribution >= 0.6 is 11.8 Å². The minimum absolute atomic E-state index is 0.0554. The van der Waals surface area contributed by atoms with Crippen molar-refractivity contribution in [2.75, 3.05) is 38.8 Å². The first-order valence-corrected chi connectivity index (χ1v) is 13.9. The van der Waals surface area contributed by atoms with Crippen LogP contribution in [-0.2, 0) is 9.53 Å². The smallest absolute Gasteiger partial charge is 0.309 e. The molecule has 6 heteroatoms. The Balaban J connectivity index is 2.25. The van der Waals surface area contributed by atoms with Crippen LogP contribution in [0.4, 0.5) is 0 Å². The Hall–Kier alpha value is -0.0431. The van der Waals surface area contributed by atoms with Gasteiger partial charge in [-0.05, 0) is 55.7 Å². The summed E-state index contributed by atoms with van der Waals surface area (Å²) in [4.78, 5) is 25.3. The van der Waals surface area contributed by atoms with Crippen LogP contribution in [0.2, 0.25) is 17.6 Å². The minimum Gasteiger partial charge on any atom is -0.464 e. The molecule has 0 aliphatic heterocycles. The number of esters is 1. The Morgan fingerprint density at radius 1 is 1.35 bits per heavy atom. The molecular weight excluding hydrogens is 362 g/mol. The molecule has 0 aromatic rings. The number of nitrogens with zero attached hydrogens (tertiary/aromatic N) is 1. The van der Waals surface area contributed by atoms with Crippen molar-refractivity contribution in [1.82, 2.24) is 4.90 Å². The fraction of sp³-hybridized carbons (Fsp3) is 0.950. The van der Waals surface area contributed by atoms with Crippen LogP contribution < -0.4 is 0 Å². The summed E-state index contributed by atoms with van der Waals surface area (Å²) in [6.07, 6.45) is 3.58. The maximum atomic E-state index is 11.9. The molecule has 0 bridgehead atoms. The average Bonchev–Trinajstić information content (AvgIpc) is 2.93. The molecule has 0 spiro atoms. The predicted molar refractivity (Wildman–Crippen MR) is 115 cm³/mol. The number of likely N-dealkylation sites (N-methyl/N-ethyl adjacent to an activating group) is 1. The van der Waals surface area contributed by atoms with Gasteiger partial charge in [0.25, 0.3) is 0 Å². The Labute approximate surface area is 166 Å². The molecular formula is C20H41NO3SSi. The van der Waals surface area contributed by atoms with Crippen molar-refractivity contribution in [3.63, 3.8) is 0 Å². The van der Waals surface area contributed by atoms with Crippen LogP contribution in [0.25, 0.3) is 0 Å². The molecule has 0 saturated heterocycles. The molecule has 154 valence electrons. The fourth-order valence-electron chi connectivity index (χ4n) is 4.03. The van der Waals surface area contributed by atoms with Gasteiger partial charge in [-0.15, -0.1) is 0 Å². The van der Waals surface area contributed by atoms with E-state index in [9.17, 15) is 9.59 Å². The minimum atomic E-state index is -2.13. The molecule has 0 heterocycles. The van der Waals surface area contributed by atoms with Crippen LogP contribution in [0.3, 0.4) is 0 Å². The van der Waals surface area contributed by atoms with Crippen LogP contribution in [0.5, 0.6) is 0 Å². The highest BCUT2D eigenvalue weighted by Crippen LogP contribution is 2.48. The lowest BCUT2D eigenvalue weighted by Gasteiger charge is -2.34. The number of carbonyl (C=O) groups is 1. The van der Waals surface area contributed by atoms with Gasteiger partial charge in [-0.25, -0.2) is 0 Å². The third-order valence-corrected chi connectivity index (χ3v) is 12.2. The quantitative estimate of drug-likeness (QED) is 0.300. The molecule has 1 aliphatic carbocycles. The summed E-state index contributed by atoms with van der Waals surface area (Å²) in [5, 5.41) is 0. The highest BCUT2D eigenvalue weighted by molar-refractivity contribution is 7.99. The second-order valence-electron chi connectivity index (χ2n) is 8.53. The Morgan fingerprint density at radius 3 is 2.58 bits per heavy atom. The largest absolute Gasteiger partial charge is 0.464 e. The van der Waals surface area contributed by atoms with E-state index in [-0.39, 0.29) is 11.9 Å². The first-order valence-electron chi connectivity index (χ1n) is 10.3. The monoisotopic (exact) mass is 403 g/mol. The van der Waals surface area contributed by atoms with Crippen molar-refractivity contribution in [2.24, 2.45) is 17.8 Å². The zero-order chi connectivity index (χ0) is 19.7. The molecule has 0 amide bonds. The Bertz CT molecular complexity index is 424. The van der Waals surface area contributed by atoms with Gasteiger partial charge in [-0.1, -0.05) is 40.5 Å². The number of hydrogen-bond donors (Lipinski definition) is 1. The van der Waals surface area contributed by atoms with Gasteiger partial charge in [0, 0.05) is 12.3 Å². The van der Waals surface area contributed by atoms with Gasteiger partial charge in [0.15, 0.2) is 8.32 Å². The zero-order valence-electron chi connectivity index (χ0n) is 17.8. The lowest BCUT2D eigenvalue weighted by Crippen LogP contribution is -2.41. The summed E-state index contributed by atoms with van der Waals surface area (Å²) >= 11 is 1.82. The summed E-state index contributed by atoms with van der Waals surface area (Å²) in [5.41, 5.74) is 0.582. The van der Waals surface area contributed by atoms with Crippen molar-refractivity contribution in [3.05, 3.63) is 0 Å². The van der Waals surface area contributed by atoms with E-state index in [4.69, 9.17) is 4.74 Å². The highest BCUT2D eigenvalue weighted by Gasteiger charge is 2.45. The summed E-state index contributed by atoms with van der Waals surface area (Å²) in [6, 6.07) is 1.99. The van der Waals surface area contributed by atoms with Crippen molar-refractivity contribution >= 4 is 26.0 Å². The first-order chi connectivity index (χ1) is 12.2. The summed E-state index contributed by atoms with van der Waals surface area (Å²) in [7, 11) is 1.81. The molecule has 1 fully saturated rings. The molecule has 1 saturated carbocycles. The van der Waals surface area contributed by atoms with Gasteiger partial charge in [0.1, 0.15) is 6.61 Å². The van der Waals surface area contributed by atoms with Crippen molar-refractivity contribution in [1.29, 1.82) is 0 Å².